The van der Waals surface area contributed by atoms with Gasteiger partial charge in [0, 0.05) is 38.8 Å². The maximum absolute atomic E-state index is 13.3. The maximum Gasteiger partial charge on any atom is 0.409 e. The van der Waals surface area contributed by atoms with Crippen LogP contribution in [-0.4, -0.2) is 71.5 Å². The number of aromatic nitrogens is 2. The predicted molar refractivity (Wildman–Crippen MR) is 128 cm³/mol. The maximum atomic E-state index is 13.3. The van der Waals surface area contributed by atoms with Crippen LogP contribution < -0.4 is 11.0 Å². The minimum absolute atomic E-state index is 0.0916. The lowest BCUT2D eigenvalue weighted by atomic mass is 10.1. The number of rotatable bonds is 12. The average molecular weight is 464 g/mol. The Labute approximate surface area is 195 Å². The number of amides is 1. The smallest absolute Gasteiger partial charge is 0.409 e. The molecular formula is C23H37N5O5. The minimum Gasteiger partial charge on any atom is -0.447 e. The van der Waals surface area contributed by atoms with Crippen molar-refractivity contribution in [1.82, 2.24) is 19.4 Å². The lowest BCUT2D eigenvalue weighted by molar-refractivity contribution is -0.0305. The average Bonchev–Trinajstić information content (AvgIpc) is 3.32. The van der Waals surface area contributed by atoms with Crippen LogP contribution in [0.5, 0.6) is 0 Å². The molecule has 0 aliphatic carbocycles. The molecule has 0 spiro atoms. The van der Waals surface area contributed by atoms with Gasteiger partial charge in [-0.3, -0.25) is 9.36 Å². The molecule has 1 fully saturated rings. The van der Waals surface area contributed by atoms with E-state index in [0.717, 1.165) is 5.71 Å². The van der Waals surface area contributed by atoms with Crippen LogP contribution in [0, 0.1) is 0 Å². The van der Waals surface area contributed by atoms with Gasteiger partial charge in [-0.1, -0.05) is 13.0 Å². The standard InChI is InChI=1S/C23H37N5O5/c1-7-9-18(29)20-21(25-16(3)4)28(22(30)27(20)13-8-2)19-11-10-17(33-19)15-32-23(31)26(6)14-12-24-5/h8,17,19,24H,2,7,9-15H2,1,3-6H3. The third kappa shape index (κ3) is 6.64. The van der Waals surface area contributed by atoms with Crippen LogP contribution in [0.15, 0.2) is 22.4 Å². The first-order valence-corrected chi connectivity index (χ1v) is 11.4. The zero-order valence-corrected chi connectivity index (χ0v) is 20.4. The molecule has 184 valence electrons. The van der Waals surface area contributed by atoms with Crippen molar-refractivity contribution >= 4 is 23.4 Å². The summed E-state index contributed by atoms with van der Waals surface area (Å²) in [5.74, 6) is 0.179. The van der Waals surface area contributed by atoms with Crippen LogP contribution in [0.2, 0.25) is 0 Å². The van der Waals surface area contributed by atoms with Gasteiger partial charge in [0.2, 0.25) is 0 Å². The molecule has 0 bridgehead atoms. The molecule has 10 nitrogen and oxygen atoms in total. The van der Waals surface area contributed by atoms with E-state index in [1.54, 1.807) is 13.1 Å². The Morgan fingerprint density at radius 2 is 2.09 bits per heavy atom. The lowest BCUT2D eigenvalue weighted by Crippen LogP contribution is -2.34. The Kier molecular flexibility index (Phi) is 10.1. The third-order valence-electron chi connectivity index (χ3n) is 5.30. The zero-order valence-electron chi connectivity index (χ0n) is 20.4. The number of ether oxygens (including phenoxy) is 2. The Balaban J connectivity index is 2.27. The minimum atomic E-state index is -0.597. The van der Waals surface area contributed by atoms with Gasteiger partial charge in [0.15, 0.2) is 11.6 Å². The van der Waals surface area contributed by atoms with Crippen molar-refractivity contribution in [2.45, 2.75) is 65.3 Å². The third-order valence-corrected chi connectivity index (χ3v) is 5.30. The number of hydrogen-bond acceptors (Lipinski definition) is 7. The normalized spacial score (nSPS) is 17.6. The first-order valence-electron chi connectivity index (χ1n) is 11.4. The van der Waals surface area contributed by atoms with Gasteiger partial charge in [-0.2, -0.15) is 0 Å². The monoisotopic (exact) mass is 463 g/mol. The molecule has 1 aromatic heterocycles. The number of carbonyl (C=O) groups excluding carboxylic acids is 2. The molecule has 1 aliphatic rings. The fourth-order valence-electron chi connectivity index (χ4n) is 3.69. The highest BCUT2D eigenvalue weighted by Gasteiger charge is 2.34. The summed E-state index contributed by atoms with van der Waals surface area (Å²) in [7, 11) is 3.49. The van der Waals surface area contributed by atoms with E-state index in [9.17, 15) is 14.4 Å². The van der Waals surface area contributed by atoms with Gasteiger partial charge >= 0.3 is 11.8 Å². The number of nitrogens with one attached hydrogen (secondary N) is 1. The summed E-state index contributed by atoms with van der Waals surface area (Å²) < 4.78 is 14.3. The molecule has 0 aromatic carbocycles. The number of allylic oxidation sites excluding steroid dienone is 1. The van der Waals surface area contributed by atoms with Gasteiger partial charge in [0.25, 0.3) is 0 Å². The number of hydrogen-bond donors (Lipinski definition) is 1. The number of nitrogens with zero attached hydrogens (tertiary/aromatic N) is 4. The van der Waals surface area contributed by atoms with Crippen molar-refractivity contribution in [2.75, 3.05) is 33.8 Å². The predicted octanol–water partition coefficient (Wildman–Crippen LogP) is 2.90. The molecule has 1 aliphatic heterocycles. The molecule has 0 saturated carbocycles. The van der Waals surface area contributed by atoms with Gasteiger partial charge in [0.05, 0.1) is 6.10 Å². The first kappa shape index (κ1) is 26.5. The molecule has 2 unspecified atom stereocenters. The highest BCUT2D eigenvalue weighted by atomic mass is 16.6. The van der Waals surface area contributed by atoms with Gasteiger partial charge in [-0.15, -0.1) is 6.58 Å². The van der Waals surface area contributed by atoms with Crippen LogP contribution in [0.4, 0.5) is 10.6 Å². The molecular weight excluding hydrogens is 426 g/mol. The molecule has 1 N–H and O–H groups in total. The van der Waals surface area contributed by atoms with E-state index in [1.165, 1.54) is 14.0 Å². The summed E-state index contributed by atoms with van der Waals surface area (Å²) in [6, 6.07) is 0. The van der Waals surface area contributed by atoms with Crippen molar-refractivity contribution in [3.8, 4) is 0 Å². The Bertz CT molecular complexity index is 928. The molecule has 1 saturated heterocycles. The van der Waals surface area contributed by atoms with E-state index in [4.69, 9.17) is 9.47 Å². The van der Waals surface area contributed by atoms with E-state index < -0.39 is 12.3 Å². The largest absolute Gasteiger partial charge is 0.447 e. The number of likely N-dealkylation sites (N-methyl/N-ethyl adjacent to an activating group) is 2. The van der Waals surface area contributed by atoms with Crippen molar-refractivity contribution in [2.24, 2.45) is 4.99 Å². The van der Waals surface area contributed by atoms with Crippen molar-refractivity contribution in [1.29, 1.82) is 0 Å². The quantitative estimate of drug-likeness (QED) is 0.290. The summed E-state index contributed by atoms with van der Waals surface area (Å²) >= 11 is 0. The summed E-state index contributed by atoms with van der Waals surface area (Å²) in [5, 5.41) is 2.98. The molecule has 1 aromatic rings. The number of Topliss-reactive ketones (excluding diaryl/α,β-unsaturated/α-hetero) is 1. The van der Waals surface area contributed by atoms with Gasteiger partial charge < -0.3 is 19.7 Å². The van der Waals surface area contributed by atoms with Crippen molar-refractivity contribution in [3.05, 3.63) is 28.8 Å². The second kappa shape index (κ2) is 12.5. The van der Waals surface area contributed by atoms with Crippen LogP contribution in [0.1, 0.15) is 63.2 Å². The van der Waals surface area contributed by atoms with E-state index >= 15 is 0 Å². The van der Waals surface area contributed by atoms with Crippen molar-refractivity contribution < 1.29 is 19.1 Å². The topological polar surface area (TPSA) is 107 Å². The Hall–Kier alpha value is -2.72. The summed E-state index contributed by atoms with van der Waals surface area (Å²) in [5.41, 5.74) is 0.648. The highest BCUT2D eigenvalue weighted by Crippen LogP contribution is 2.33. The molecule has 10 heteroatoms. The van der Waals surface area contributed by atoms with Crippen LogP contribution in [0.3, 0.4) is 0 Å². The molecule has 1 amide bonds. The van der Waals surface area contributed by atoms with Gasteiger partial charge in [-0.05, 0) is 40.2 Å². The van der Waals surface area contributed by atoms with Gasteiger partial charge in [-0.25, -0.2) is 19.1 Å². The fourth-order valence-corrected chi connectivity index (χ4v) is 3.69. The molecule has 2 rings (SSSR count). The van der Waals surface area contributed by atoms with Crippen LogP contribution >= 0.6 is 0 Å². The number of aliphatic imine (C=N–C) groups is 1. The summed E-state index contributed by atoms with van der Waals surface area (Å²) in [4.78, 5) is 44.4. The van der Waals surface area contributed by atoms with Crippen LogP contribution in [-0.2, 0) is 16.0 Å². The molecule has 0 radical (unpaired) electrons. The number of carbonyl (C=O) groups is 2. The number of imidazole rings is 1. The van der Waals surface area contributed by atoms with Crippen molar-refractivity contribution in [3.63, 3.8) is 0 Å². The fraction of sp³-hybridized carbons (Fsp3) is 0.652. The van der Waals surface area contributed by atoms with Gasteiger partial charge in [0.1, 0.15) is 18.5 Å². The van der Waals surface area contributed by atoms with E-state index in [-0.39, 0.29) is 36.4 Å². The summed E-state index contributed by atoms with van der Waals surface area (Å²) in [6.45, 7) is 10.8. The second-order valence-corrected chi connectivity index (χ2v) is 8.35. The Morgan fingerprint density at radius 1 is 1.36 bits per heavy atom. The van der Waals surface area contributed by atoms with Crippen LogP contribution in [0.25, 0.3) is 0 Å². The Morgan fingerprint density at radius 3 is 2.70 bits per heavy atom. The van der Waals surface area contributed by atoms with E-state index in [0.29, 0.717) is 44.6 Å². The molecule has 2 heterocycles. The zero-order chi connectivity index (χ0) is 24.5. The molecule has 2 atom stereocenters. The van der Waals surface area contributed by atoms with E-state index in [2.05, 4.69) is 16.9 Å². The lowest BCUT2D eigenvalue weighted by Gasteiger charge is -2.19. The summed E-state index contributed by atoms with van der Waals surface area (Å²) in [6.07, 6.45) is 2.36. The second-order valence-electron chi connectivity index (χ2n) is 8.35. The SMILES string of the molecule is C=CCn1c(C(=O)CCC)c(N=C(C)C)n(C2CCC(COC(=O)N(C)CCNC)O2)c1=O. The van der Waals surface area contributed by atoms with E-state index in [1.807, 2.05) is 27.8 Å². The number of ketones is 1. The molecule has 33 heavy (non-hydrogen) atoms. The first-order chi connectivity index (χ1) is 15.7. The highest BCUT2D eigenvalue weighted by molar-refractivity contribution is 5.99.